The number of carbonyl (C=O) groups excluding carboxylic acids is 1. The molecule has 128 valence electrons. The van der Waals surface area contributed by atoms with Crippen molar-refractivity contribution in [3.05, 3.63) is 17.1 Å². The first-order valence-electron chi connectivity index (χ1n) is 8.84. The van der Waals surface area contributed by atoms with Crippen molar-refractivity contribution in [2.24, 2.45) is 13.0 Å². The number of amides is 1. The highest BCUT2D eigenvalue weighted by Gasteiger charge is 2.35. The lowest BCUT2D eigenvalue weighted by Crippen LogP contribution is -2.33. The molecule has 0 bridgehead atoms. The standard InChI is InChI=1S/C17H23N5O2/c1-3-14-18-16(24-20-14)15-12-9-22(10-13(12)21(2)19-15)17(23)11-7-5-4-6-8-11/h11H,3-10H2,1-2H3. The highest BCUT2D eigenvalue weighted by atomic mass is 16.5. The number of aryl methyl sites for hydroxylation is 2. The van der Waals surface area contributed by atoms with Crippen LogP contribution in [0.5, 0.6) is 0 Å². The van der Waals surface area contributed by atoms with Crippen LogP contribution in [-0.2, 0) is 31.4 Å². The maximum atomic E-state index is 12.8. The number of carbonyl (C=O) groups is 1. The summed E-state index contributed by atoms with van der Waals surface area (Å²) in [4.78, 5) is 19.2. The Morgan fingerprint density at radius 3 is 2.75 bits per heavy atom. The van der Waals surface area contributed by atoms with Crippen LogP contribution in [0.1, 0.15) is 56.1 Å². The van der Waals surface area contributed by atoms with Crippen molar-refractivity contribution >= 4 is 5.91 Å². The smallest absolute Gasteiger partial charge is 0.278 e. The van der Waals surface area contributed by atoms with E-state index in [1.54, 1.807) is 0 Å². The Morgan fingerprint density at radius 1 is 1.25 bits per heavy atom. The monoisotopic (exact) mass is 329 g/mol. The maximum absolute atomic E-state index is 12.8. The lowest BCUT2D eigenvalue weighted by molar-refractivity contribution is -0.137. The van der Waals surface area contributed by atoms with Gasteiger partial charge in [0, 0.05) is 24.9 Å². The van der Waals surface area contributed by atoms with Crippen LogP contribution in [0.15, 0.2) is 4.52 Å². The molecule has 0 unspecified atom stereocenters. The van der Waals surface area contributed by atoms with Crippen LogP contribution in [-0.4, -0.2) is 30.7 Å². The molecule has 3 heterocycles. The zero-order chi connectivity index (χ0) is 16.7. The van der Waals surface area contributed by atoms with Crippen molar-refractivity contribution in [1.82, 2.24) is 24.8 Å². The summed E-state index contributed by atoms with van der Waals surface area (Å²) in [6.07, 6.45) is 6.39. The van der Waals surface area contributed by atoms with E-state index < -0.39 is 0 Å². The highest BCUT2D eigenvalue weighted by Crippen LogP contribution is 2.34. The first-order valence-corrected chi connectivity index (χ1v) is 8.84. The zero-order valence-corrected chi connectivity index (χ0v) is 14.3. The first kappa shape index (κ1) is 15.4. The molecule has 2 aromatic heterocycles. The Kier molecular flexibility index (Phi) is 3.86. The predicted octanol–water partition coefficient (Wildman–Crippen LogP) is 2.46. The second-order valence-corrected chi connectivity index (χ2v) is 6.80. The summed E-state index contributed by atoms with van der Waals surface area (Å²) in [5, 5.41) is 8.50. The van der Waals surface area contributed by atoms with E-state index in [0.717, 1.165) is 36.2 Å². The summed E-state index contributed by atoms with van der Waals surface area (Å²) < 4.78 is 7.19. The number of fused-ring (bicyclic) bond motifs is 1. The summed E-state index contributed by atoms with van der Waals surface area (Å²) in [6, 6.07) is 0. The number of rotatable bonds is 3. The van der Waals surface area contributed by atoms with Gasteiger partial charge in [0.15, 0.2) is 11.5 Å². The van der Waals surface area contributed by atoms with Crippen molar-refractivity contribution in [3.8, 4) is 11.6 Å². The van der Waals surface area contributed by atoms with E-state index in [-0.39, 0.29) is 11.8 Å². The molecule has 7 nitrogen and oxygen atoms in total. The fraction of sp³-hybridized carbons (Fsp3) is 0.647. The Bertz CT molecular complexity index is 757. The summed E-state index contributed by atoms with van der Waals surface area (Å²) in [5.41, 5.74) is 2.84. The van der Waals surface area contributed by atoms with E-state index >= 15 is 0 Å². The van der Waals surface area contributed by atoms with Crippen molar-refractivity contribution in [3.63, 3.8) is 0 Å². The molecule has 1 saturated carbocycles. The van der Waals surface area contributed by atoms with Crippen LogP contribution in [0.3, 0.4) is 0 Å². The molecule has 0 spiro atoms. The van der Waals surface area contributed by atoms with E-state index in [4.69, 9.17) is 4.52 Å². The molecule has 4 rings (SSSR count). The first-order chi connectivity index (χ1) is 11.7. The van der Waals surface area contributed by atoms with E-state index in [0.29, 0.717) is 24.8 Å². The number of nitrogens with zero attached hydrogens (tertiary/aromatic N) is 5. The second-order valence-electron chi connectivity index (χ2n) is 6.80. The predicted molar refractivity (Wildman–Crippen MR) is 86.7 cm³/mol. The van der Waals surface area contributed by atoms with Gasteiger partial charge in [0.05, 0.1) is 18.8 Å². The van der Waals surface area contributed by atoms with Gasteiger partial charge in [-0.3, -0.25) is 9.48 Å². The summed E-state index contributed by atoms with van der Waals surface area (Å²) in [7, 11) is 1.91. The Labute approximate surface area is 141 Å². The van der Waals surface area contributed by atoms with Crippen LogP contribution in [0.4, 0.5) is 0 Å². The SMILES string of the molecule is CCc1noc(-c2nn(C)c3c2CN(C(=O)C2CCCCC2)C3)n1. The van der Waals surface area contributed by atoms with Gasteiger partial charge < -0.3 is 9.42 Å². The third kappa shape index (κ3) is 2.52. The lowest BCUT2D eigenvalue weighted by Gasteiger charge is -2.26. The fourth-order valence-electron chi connectivity index (χ4n) is 3.82. The average Bonchev–Trinajstić information content (AvgIpc) is 3.31. The highest BCUT2D eigenvalue weighted by molar-refractivity contribution is 5.80. The number of aromatic nitrogens is 4. The molecule has 0 N–H and O–H groups in total. The van der Waals surface area contributed by atoms with Gasteiger partial charge in [0.1, 0.15) is 0 Å². The Morgan fingerprint density at radius 2 is 2.04 bits per heavy atom. The molecular weight excluding hydrogens is 306 g/mol. The molecule has 0 aromatic carbocycles. The molecule has 1 aliphatic carbocycles. The van der Waals surface area contributed by atoms with Gasteiger partial charge in [-0.2, -0.15) is 10.1 Å². The molecule has 0 atom stereocenters. The summed E-state index contributed by atoms with van der Waals surface area (Å²) in [5.74, 6) is 1.62. The molecule has 2 aromatic rings. The van der Waals surface area contributed by atoms with E-state index in [1.165, 1.54) is 19.3 Å². The van der Waals surface area contributed by atoms with Gasteiger partial charge in [-0.05, 0) is 12.8 Å². The minimum absolute atomic E-state index is 0.194. The van der Waals surface area contributed by atoms with Gasteiger partial charge >= 0.3 is 0 Å². The summed E-state index contributed by atoms with van der Waals surface area (Å²) >= 11 is 0. The van der Waals surface area contributed by atoms with E-state index in [2.05, 4.69) is 15.2 Å². The summed E-state index contributed by atoms with van der Waals surface area (Å²) in [6.45, 7) is 3.21. The largest absolute Gasteiger partial charge is 0.332 e. The van der Waals surface area contributed by atoms with E-state index in [1.807, 2.05) is 23.6 Å². The molecule has 2 aliphatic rings. The average molecular weight is 329 g/mol. The minimum atomic E-state index is 0.194. The van der Waals surface area contributed by atoms with Gasteiger partial charge in [-0.1, -0.05) is 31.3 Å². The van der Waals surface area contributed by atoms with Crippen molar-refractivity contribution in [2.45, 2.75) is 58.5 Å². The maximum Gasteiger partial charge on any atom is 0.278 e. The zero-order valence-electron chi connectivity index (χ0n) is 14.3. The topological polar surface area (TPSA) is 77.0 Å². The normalized spacial score (nSPS) is 18.2. The van der Waals surface area contributed by atoms with Gasteiger partial charge in [0.2, 0.25) is 5.91 Å². The molecule has 24 heavy (non-hydrogen) atoms. The molecule has 7 heteroatoms. The van der Waals surface area contributed by atoms with Crippen molar-refractivity contribution < 1.29 is 9.32 Å². The quantitative estimate of drug-likeness (QED) is 0.864. The Balaban J connectivity index is 1.57. The van der Waals surface area contributed by atoms with Gasteiger partial charge in [-0.25, -0.2) is 0 Å². The molecule has 0 saturated heterocycles. The molecule has 0 radical (unpaired) electrons. The third-order valence-electron chi connectivity index (χ3n) is 5.22. The third-order valence-corrected chi connectivity index (χ3v) is 5.22. The Hall–Kier alpha value is -2.18. The van der Waals surface area contributed by atoms with Crippen LogP contribution in [0.25, 0.3) is 11.6 Å². The number of hydrogen-bond donors (Lipinski definition) is 0. The number of hydrogen-bond acceptors (Lipinski definition) is 5. The minimum Gasteiger partial charge on any atom is -0.332 e. The fourth-order valence-corrected chi connectivity index (χ4v) is 3.82. The molecule has 1 aliphatic heterocycles. The van der Waals surface area contributed by atoms with Crippen LogP contribution in [0.2, 0.25) is 0 Å². The molecule has 1 fully saturated rings. The molecule has 1 amide bonds. The van der Waals surface area contributed by atoms with Gasteiger partial charge in [-0.15, -0.1) is 0 Å². The van der Waals surface area contributed by atoms with Gasteiger partial charge in [0.25, 0.3) is 5.89 Å². The van der Waals surface area contributed by atoms with Crippen molar-refractivity contribution in [2.75, 3.05) is 0 Å². The second kappa shape index (κ2) is 6.03. The van der Waals surface area contributed by atoms with Crippen molar-refractivity contribution in [1.29, 1.82) is 0 Å². The molecular formula is C17H23N5O2. The van der Waals surface area contributed by atoms with Crippen LogP contribution >= 0.6 is 0 Å². The van der Waals surface area contributed by atoms with E-state index in [9.17, 15) is 4.79 Å². The van der Waals surface area contributed by atoms with Crippen LogP contribution in [0, 0.1) is 5.92 Å². The van der Waals surface area contributed by atoms with Crippen LogP contribution < -0.4 is 0 Å². The lowest BCUT2D eigenvalue weighted by atomic mass is 9.88.